The van der Waals surface area contributed by atoms with Crippen LogP contribution in [0.5, 0.6) is 0 Å². The lowest BCUT2D eigenvalue weighted by atomic mass is 9.28. The summed E-state index contributed by atoms with van der Waals surface area (Å²) in [5, 5.41) is 0. The van der Waals surface area contributed by atoms with E-state index >= 15 is 0 Å². The van der Waals surface area contributed by atoms with Crippen LogP contribution >= 0.6 is 0 Å². The fourth-order valence-corrected chi connectivity index (χ4v) is 2.50. The van der Waals surface area contributed by atoms with Crippen LogP contribution in [0.25, 0.3) is 0 Å². The Balaban J connectivity index is 0. The minimum atomic E-state index is 0. The maximum atomic E-state index is 2.42. The SMILES string of the molecule is CCC(C)B(C(C)CC)C(C)CC.[CH3+]. The summed E-state index contributed by atoms with van der Waals surface area (Å²) in [5.74, 6) is 2.68. The third kappa shape index (κ3) is 4.44. The van der Waals surface area contributed by atoms with Gasteiger partial charge in [0.2, 0.25) is 0 Å². The van der Waals surface area contributed by atoms with Crippen LogP contribution in [-0.4, -0.2) is 6.71 Å². The van der Waals surface area contributed by atoms with Crippen molar-refractivity contribution in [2.45, 2.75) is 78.3 Å². The van der Waals surface area contributed by atoms with E-state index < -0.39 is 0 Å². The first-order chi connectivity index (χ1) is 6.08. The Kier molecular flexibility index (Phi) is 9.66. The Morgan fingerprint density at radius 2 is 0.929 bits per heavy atom. The summed E-state index contributed by atoms with van der Waals surface area (Å²) in [7, 11) is 0. The highest BCUT2D eigenvalue weighted by Gasteiger charge is 2.29. The molecular weight excluding hydrogens is 167 g/mol. The molecule has 3 unspecified atom stereocenters. The molecule has 0 spiro atoms. The van der Waals surface area contributed by atoms with Crippen molar-refractivity contribution >= 4 is 6.71 Å². The monoisotopic (exact) mass is 197 g/mol. The van der Waals surface area contributed by atoms with Crippen molar-refractivity contribution in [2.75, 3.05) is 0 Å². The molecule has 14 heavy (non-hydrogen) atoms. The van der Waals surface area contributed by atoms with Crippen molar-refractivity contribution in [3.05, 3.63) is 7.43 Å². The Bertz CT molecular complexity index is 98.6. The molecule has 0 aromatic heterocycles. The van der Waals surface area contributed by atoms with Crippen molar-refractivity contribution in [3.63, 3.8) is 0 Å². The van der Waals surface area contributed by atoms with Gasteiger partial charge in [0, 0.05) is 7.43 Å². The van der Waals surface area contributed by atoms with E-state index in [1.807, 2.05) is 0 Å². The van der Waals surface area contributed by atoms with Gasteiger partial charge in [-0.2, -0.15) is 0 Å². The van der Waals surface area contributed by atoms with E-state index in [2.05, 4.69) is 41.5 Å². The predicted molar refractivity (Wildman–Crippen MR) is 71.3 cm³/mol. The minimum Gasteiger partial charge on any atom is -0.0691 e. The van der Waals surface area contributed by atoms with Crippen LogP contribution in [0.4, 0.5) is 0 Å². The highest BCUT2D eigenvalue weighted by molar-refractivity contribution is 6.63. The summed E-state index contributed by atoms with van der Waals surface area (Å²) in [4.78, 5) is 0. The topological polar surface area (TPSA) is 0 Å². The third-order valence-corrected chi connectivity index (χ3v) is 3.90. The molecule has 0 N–H and O–H groups in total. The molecule has 3 atom stereocenters. The molecule has 0 aromatic rings. The summed E-state index contributed by atoms with van der Waals surface area (Å²) in [5.41, 5.74) is 0. The Morgan fingerprint density at radius 3 is 1.07 bits per heavy atom. The standard InChI is InChI=1S/C12H27B.CH3/c1-7-10(4)13(11(5)8-2)12(6)9-3;/h10-12H,7-9H2,1-6H3;1H3/q;+1. The smallest absolute Gasteiger partial charge is 0.0691 e. The quantitative estimate of drug-likeness (QED) is 0.398. The van der Waals surface area contributed by atoms with Crippen LogP contribution in [0.1, 0.15) is 60.8 Å². The van der Waals surface area contributed by atoms with E-state index in [1.54, 1.807) is 0 Å². The predicted octanol–water partition coefficient (Wildman–Crippen LogP) is 5.33. The maximum Gasteiger partial charge on any atom is 0.148 e. The summed E-state index contributed by atoms with van der Waals surface area (Å²) in [6.07, 6.45) is 4.00. The molecule has 0 aliphatic carbocycles. The second-order valence-electron chi connectivity index (χ2n) is 4.73. The summed E-state index contributed by atoms with van der Waals surface area (Å²) < 4.78 is 0. The Morgan fingerprint density at radius 1 is 0.714 bits per heavy atom. The summed E-state index contributed by atoms with van der Waals surface area (Å²) in [6.45, 7) is 15.2. The van der Waals surface area contributed by atoms with Gasteiger partial charge in [0.1, 0.15) is 6.71 Å². The lowest BCUT2D eigenvalue weighted by Gasteiger charge is -2.30. The zero-order chi connectivity index (χ0) is 10.4. The molecule has 0 nitrogen and oxygen atoms in total. The number of rotatable bonds is 6. The van der Waals surface area contributed by atoms with E-state index in [-0.39, 0.29) is 7.43 Å². The van der Waals surface area contributed by atoms with E-state index in [1.165, 1.54) is 19.3 Å². The van der Waals surface area contributed by atoms with Crippen LogP contribution in [-0.2, 0) is 0 Å². The molecule has 0 rings (SSSR count). The first-order valence-corrected chi connectivity index (χ1v) is 6.08. The van der Waals surface area contributed by atoms with Gasteiger partial charge >= 0.3 is 0 Å². The molecule has 0 amide bonds. The molecule has 84 valence electrons. The maximum absolute atomic E-state index is 2.42. The average Bonchev–Trinajstić information content (AvgIpc) is 2.16. The second-order valence-corrected chi connectivity index (χ2v) is 4.73. The Hall–Kier alpha value is -0.0651. The van der Waals surface area contributed by atoms with Crippen LogP contribution < -0.4 is 0 Å². The van der Waals surface area contributed by atoms with E-state index in [9.17, 15) is 0 Å². The van der Waals surface area contributed by atoms with Crippen molar-refractivity contribution in [1.82, 2.24) is 0 Å². The lowest BCUT2D eigenvalue weighted by molar-refractivity contribution is 0.720. The normalized spacial score (nSPS) is 16.7. The first kappa shape index (κ1) is 16.4. The molecule has 0 heterocycles. The van der Waals surface area contributed by atoms with Gasteiger partial charge in [-0.3, -0.25) is 0 Å². The molecule has 1 heteroatoms. The molecule has 0 aromatic carbocycles. The van der Waals surface area contributed by atoms with Crippen LogP contribution in [0, 0.1) is 7.43 Å². The molecule has 0 fully saturated rings. The molecule has 0 saturated heterocycles. The fourth-order valence-electron chi connectivity index (χ4n) is 2.50. The van der Waals surface area contributed by atoms with Crippen molar-refractivity contribution in [2.24, 2.45) is 0 Å². The highest BCUT2D eigenvalue weighted by Crippen LogP contribution is 2.35. The van der Waals surface area contributed by atoms with Crippen molar-refractivity contribution in [3.8, 4) is 0 Å². The summed E-state index contributed by atoms with van der Waals surface area (Å²) >= 11 is 0. The first-order valence-electron chi connectivity index (χ1n) is 6.08. The molecular formula is C13H30B+. The van der Waals surface area contributed by atoms with Gasteiger partial charge in [-0.15, -0.1) is 0 Å². The van der Waals surface area contributed by atoms with E-state index in [0.717, 1.165) is 24.2 Å². The zero-order valence-corrected chi connectivity index (χ0v) is 11.4. The Labute approximate surface area is 92.9 Å². The third-order valence-electron chi connectivity index (χ3n) is 3.90. The molecule has 0 radical (unpaired) electrons. The largest absolute Gasteiger partial charge is 0.148 e. The second kappa shape index (κ2) is 8.26. The van der Waals surface area contributed by atoms with Crippen molar-refractivity contribution < 1.29 is 0 Å². The number of hydrogen-bond acceptors (Lipinski definition) is 0. The number of hydrogen-bond donors (Lipinski definition) is 0. The van der Waals surface area contributed by atoms with Gasteiger partial charge in [0.15, 0.2) is 0 Å². The molecule has 0 aliphatic heterocycles. The molecule has 0 bridgehead atoms. The van der Waals surface area contributed by atoms with Crippen LogP contribution in [0.2, 0.25) is 17.5 Å². The molecule has 0 saturated carbocycles. The fraction of sp³-hybridized carbons (Fsp3) is 0.923. The van der Waals surface area contributed by atoms with Gasteiger partial charge in [-0.05, 0) is 0 Å². The van der Waals surface area contributed by atoms with Gasteiger partial charge < -0.3 is 0 Å². The van der Waals surface area contributed by atoms with Gasteiger partial charge in [-0.1, -0.05) is 78.3 Å². The summed E-state index contributed by atoms with van der Waals surface area (Å²) in [6, 6.07) is 0. The highest BCUT2D eigenvalue weighted by atomic mass is 14.1. The molecule has 0 aliphatic rings. The van der Waals surface area contributed by atoms with Crippen molar-refractivity contribution in [1.29, 1.82) is 0 Å². The zero-order valence-electron chi connectivity index (χ0n) is 11.4. The van der Waals surface area contributed by atoms with Crippen LogP contribution in [0.15, 0.2) is 0 Å². The van der Waals surface area contributed by atoms with Gasteiger partial charge in [0.25, 0.3) is 0 Å². The van der Waals surface area contributed by atoms with Gasteiger partial charge in [-0.25, -0.2) is 0 Å². The lowest BCUT2D eigenvalue weighted by Crippen LogP contribution is -2.28. The minimum absolute atomic E-state index is 0. The van der Waals surface area contributed by atoms with E-state index in [4.69, 9.17) is 0 Å². The van der Waals surface area contributed by atoms with Crippen LogP contribution in [0.3, 0.4) is 0 Å². The average molecular weight is 197 g/mol. The van der Waals surface area contributed by atoms with Gasteiger partial charge in [0.05, 0.1) is 0 Å². The van der Waals surface area contributed by atoms with E-state index in [0.29, 0.717) is 0 Å².